The maximum Gasteiger partial charge on any atom is 0.237 e. The summed E-state index contributed by atoms with van der Waals surface area (Å²) >= 11 is 0. The van der Waals surface area contributed by atoms with E-state index in [9.17, 15) is 9.59 Å². The zero-order valence-electron chi connectivity index (χ0n) is 11.3. The van der Waals surface area contributed by atoms with Crippen LogP contribution in [-0.4, -0.2) is 37.2 Å². The van der Waals surface area contributed by atoms with E-state index in [1.54, 1.807) is 6.07 Å². The average Bonchev–Trinajstić information content (AvgIpc) is 2.79. The van der Waals surface area contributed by atoms with Gasteiger partial charge in [-0.1, -0.05) is 18.7 Å². The van der Waals surface area contributed by atoms with Crippen molar-refractivity contribution in [3.8, 4) is 0 Å². The first kappa shape index (κ1) is 13.3. The average molecular weight is 258 g/mol. The number of hydrogen-bond acceptors (Lipinski definition) is 3. The van der Waals surface area contributed by atoms with E-state index in [0.717, 1.165) is 5.69 Å². The standard InChI is InChI=1S/C15H18N2O2/c1-4-17-9-8-13(15(17)19)14(18)11-6-5-7-12(10-11)16(2)3/h4-7,10,13H,1,8-9H2,2-3H3. The molecule has 0 spiro atoms. The van der Waals surface area contributed by atoms with Crippen LogP contribution in [0.4, 0.5) is 5.69 Å². The van der Waals surface area contributed by atoms with E-state index in [4.69, 9.17) is 0 Å². The molecule has 1 aliphatic rings. The molecule has 2 rings (SSSR count). The number of hydrogen-bond donors (Lipinski definition) is 0. The molecule has 1 unspecified atom stereocenters. The summed E-state index contributed by atoms with van der Waals surface area (Å²) in [5.41, 5.74) is 1.55. The van der Waals surface area contributed by atoms with Gasteiger partial charge in [-0.15, -0.1) is 0 Å². The third-order valence-electron chi connectivity index (χ3n) is 3.42. The quantitative estimate of drug-likeness (QED) is 0.612. The Morgan fingerprint density at radius 1 is 1.47 bits per heavy atom. The predicted octanol–water partition coefficient (Wildman–Crippen LogP) is 1.93. The van der Waals surface area contributed by atoms with Crippen LogP contribution in [-0.2, 0) is 4.79 Å². The summed E-state index contributed by atoms with van der Waals surface area (Å²) < 4.78 is 0. The van der Waals surface area contributed by atoms with E-state index in [1.165, 1.54) is 11.1 Å². The van der Waals surface area contributed by atoms with E-state index < -0.39 is 5.92 Å². The lowest BCUT2D eigenvalue weighted by Crippen LogP contribution is -2.26. The molecule has 1 saturated heterocycles. The van der Waals surface area contributed by atoms with Crippen LogP contribution in [0.3, 0.4) is 0 Å². The van der Waals surface area contributed by atoms with Crippen molar-refractivity contribution in [2.45, 2.75) is 6.42 Å². The van der Waals surface area contributed by atoms with Crippen LogP contribution in [0.5, 0.6) is 0 Å². The Kier molecular flexibility index (Phi) is 3.69. The molecule has 1 heterocycles. The van der Waals surface area contributed by atoms with Crippen LogP contribution in [0.1, 0.15) is 16.8 Å². The van der Waals surface area contributed by atoms with Crippen LogP contribution in [0, 0.1) is 5.92 Å². The molecule has 4 heteroatoms. The number of amides is 1. The second kappa shape index (κ2) is 5.26. The molecule has 19 heavy (non-hydrogen) atoms. The Morgan fingerprint density at radius 3 is 2.79 bits per heavy atom. The summed E-state index contributed by atoms with van der Waals surface area (Å²) in [6.45, 7) is 4.16. The highest BCUT2D eigenvalue weighted by molar-refractivity contribution is 6.11. The molecule has 1 fully saturated rings. The highest BCUT2D eigenvalue weighted by Gasteiger charge is 2.36. The molecule has 1 aromatic rings. The topological polar surface area (TPSA) is 40.6 Å². The lowest BCUT2D eigenvalue weighted by atomic mass is 9.96. The predicted molar refractivity (Wildman–Crippen MR) is 75.1 cm³/mol. The monoisotopic (exact) mass is 258 g/mol. The molecular weight excluding hydrogens is 240 g/mol. The van der Waals surface area contributed by atoms with Gasteiger partial charge in [-0.05, 0) is 24.8 Å². The second-order valence-electron chi connectivity index (χ2n) is 4.86. The molecule has 0 N–H and O–H groups in total. The number of rotatable bonds is 4. The summed E-state index contributed by atoms with van der Waals surface area (Å²) in [5.74, 6) is -0.802. The normalized spacial score (nSPS) is 18.5. The number of ketones is 1. The molecule has 0 saturated carbocycles. The summed E-state index contributed by atoms with van der Waals surface area (Å²) in [4.78, 5) is 27.8. The van der Waals surface area contributed by atoms with Gasteiger partial charge in [0.25, 0.3) is 0 Å². The molecular formula is C15H18N2O2. The fraction of sp³-hybridized carbons (Fsp3) is 0.333. The summed E-state index contributed by atoms with van der Waals surface area (Å²) in [5, 5.41) is 0. The van der Waals surface area contributed by atoms with Crippen LogP contribution in [0.2, 0.25) is 0 Å². The Bertz CT molecular complexity index is 523. The zero-order chi connectivity index (χ0) is 14.0. The Balaban J connectivity index is 2.23. The van der Waals surface area contributed by atoms with E-state index in [0.29, 0.717) is 18.5 Å². The number of carbonyl (C=O) groups is 2. The summed E-state index contributed by atoms with van der Waals surface area (Å²) in [6.07, 6.45) is 2.06. The molecule has 1 aliphatic heterocycles. The van der Waals surface area contributed by atoms with Crippen molar-refractivity contribution in [1.82, 2.24) is 4.90 Å². The lowest BCUT2D eigenvalue weighted by Gasteiger charge is -2.14. The number of carbonyl (C=O) groups excluding carboxylic acids is 2. The number of nitrogens with zero attached hydrogens (tertiary/aromatic N) is 2. The van der Waals surface area contributed by atoms with Gasteiger partial charge in [0.05, 0.1) is 0 Å². The Morgan fingerprint density at radius 2 is 2.21 bits per heavy atom. The van der Waals surface area contributed by atoms with Gasteiger partial charge in [0.2, 0.25) is 5.91 Å². The SMILES string of the molecule is C=CN1CCC(C(=O)c2cccc(N(C)C)c2)C1=O. The van der Waals surface area contributed by atoms with E-state index in [2.05, 4.69) is 6.58 Å². The van der Waals surface area contributed by atoms with Crippen molar-refractivity contribution in [3.63, 3.8) is 0 Å². The third-order valence-corrected chi connectivity index (χ3v) is 3.42. The minimum Gasteiger partial charge on any atom is -0.378 e. The van der Waals surface area contributed by atoms with Gasteiger partial charge in [-0.25, -0.2) is 0 Å². The van der Waals surface area contributed by atoms with Crippen molar-refractivity contribution in [2.24, 2.45) is 5.92 Å². The van der Waals surface area contributed by atoms with Crippen LogP contribution in [0.25, 0.3) is 0 Å². The number of likely N-dealkylation sites (tertiary alicyclic amines) is 1. The molecule has 1 aromatic carbocycles. The van der Waals surface area contributed by atoms with Gasteiger partial charge in [-0.2, -0.15) is 0 Å². The van der Waals surface area contributed by atoms with Gasteiger partial charge < -0.3 is 9.80 Å². The Labute approximate surface area is 113 Å². The zero-order valence-corrected chi connectivity index (χ0v) is 11.3. The fourth-order valence-corrected chi connectivity index (χ4v) is 2.27. The summed E-state index contributed by atoms with van der Waals surface area (Å²) in [7, 11) is 3.84. The molecule has 0 bridgehead atoms. The van der Waals surface area contributed by atoms with Gasteiger partial charge in [0.15, 0.2) is 5.78 Å². The van der Waals surface area contributed by atoms with Gasteiger partial charge in [-0.3, -0.25) is 9.59 Å². The van der Waals surface area contributed by atoms with Gasteiger partial charge in [0.1, 0.15) is 5.92 Å². The van der Waals surface area contributed by atoms with E-state index in [1.807, 2.05) is 37.2 Å². The first-order chi connectivity index (χ1) is 9.04. The molecule has 0 radical (unpaired) electrons. The van der Waals surface area contributed by atoms with Crippen molar-refractivity contribution < 1.29 is 9.59 Å². The highest BCUT2D eigenvalue weighted by atomic mass is 16.2. The minimum atomic E-state index is -0.560. The molecule has 0 aromatic heterocycles. The second-order valence-corrected chi connectivity index (χ2v) is 4.86. The van der Waals surface area contributed by atoms with Crippen molar-refractivity contribution in [3.05, 3.63) is 42.6 Å². The Hall–Kier alpha value is -2.10. The van der Waals surface area contributed by atoms with Crippen molar-refractivity contribution in [1.29, 1.82) is 0 Å². The first-order valence-electron chi connectivity index (χ1n) is 6.29. The van der Waals surface area contributed by atoms with Crippen LogP contribution >= 0.6 is 0 Å². The van der Waals surface area contributed by atoms with Gasteiger partial charge >= 0.3 is 0 Å². The number of anilines is 1. The number of benzene rings is 1. The largest absolute Gasteiger partial charge is 0.378 e. The maximum atomic E-state index is 12.4. The van der Waals surface area contributed by atoms with Crippen molar-refractivity contribution in [2.75, 3.05) is 25.5 Å². The molecule has 1 atom stereocenters. The first-order valence-corrected chi connectivity index (χ1v) is 6.29. The number of Topliss-reactive ketones (excluding diaryl/α,β-unsaturated/α-hetero) is 1. The minimum absolute atomic E-state index is 0.0990. The summed E-state index contributed by atoms with van der Waals surface area (Å²) in [6, 6.07) is 7.36. The highest BCUT2D eigenvalue weighted by Crippen LogP contribution is 2.24. The van der Waals surface area contributed by atoms with E-state index >= 15 is 0 Å². The van der Waals surface area contributed by atoms with Crippen LogP contribution in [0.15, 0.2) is 37.0 Å². The lowest BCUT2D eigenvalue weighted by molar-refractivity contribution is -0.127. The smallest absolute Gasteiger partial charge is 0.237 e. The third kappa shape index (κ3) is 2.52. The fourth-order valence-electron chi connectivity index (χ4n) is 2.27. The molecule has 4 nitrogen and oxygen atoms in total. The molecule has 1 amide bonds. The van der Waals surface area contributed by atoms with Crippen LogP contribution < -0.4 is 4.90 Å². The van der Waals surface area contributed by atoms with Gasteiger partial charge in [0, 0.05) is 31.9 Å². The maximum absolute atomic E-state index is 12.4. The van der Waals surface area contributed by atoms with Crippen molar-refractivity contribution >= 4 is 17.4 Å². The van der Waals surface area contributed by atoms with E-state index in [-0.39, 0.29) is 11.7 Å². The molecule has 100 valence electrons. The molecule has 0 aliphatic carbocycles.